The standard InChI is InChI=1S/C22H23N3O4/c1-14(2)12-25-15(3)8-17(16(25)4)9-18(11-23)22(26)28-13-19-10-21(29-24-19)20-6-5-7-27-20/h5-10,14H,12-13H2,1-4H3/b18-9+. The number of nitriles is 1. The molecule has 7 heteroatoms. The molecular weight excluding hydrogens is 370 g/mol. The summed E-state index contributed by atoms with van der Waals surface area (Å²) >= 11 is 0. The molecule has 0 radical (unpaired) electrons. The molecule has 0 aliphatic carbocycles. The van der Waals surface area contributed by atoms with Gasteiger partial charge in [-0.2, -0.15) is 5.26 Å². The van der Waals surface area contributed by atoms with Crippen molar-refractivity contribution in [1.82, 2.24) is 9.72 Å². The molecule has 3 aromatic heterocycles. The van der Waals surface area contributed by atoms with Gasteiger partial charge < -0.3 is 18.2 Å². The Morgan fingerprint density at radius 1 is 1.34 bits per heavy atom. The summed E-state index contributed by atoms with van der Waals surface area (Å²) in [6.07, 6.45) is 3.10. The zero-order valence-corrected chi connectivity index (χ0v) is 16.9. The van der Waals surface area contributed by atoms with Crippen molar-refractivity contribution in [1.29, 1.82) is 5.26 Å². The van der Waals surface area contributed by atoms with Gasteiger partial charge in [-0.05, 0) is 49.6 Å². The second-order valence-corrected chi connectivity index (χ2v) is 7.24. The van der Waals surface area contributed by atoms with E-state index in [1.165, 1.54) is 6.26 Å². The average Bonchev–Trinajstić information content (AvgIpc) is 3.41. The Kier molecular flexibility index (Phi) is 6.03. The zero-order valence-electron chi connectivity index (χ0n) is 16.9. The number of ether oxygens (including phenoxy) is 1. The third-order valence-electron chi connectivity index (χ3n) is 4.47. The lowest BCUT2D eigenvalue weighted by atomic mass is 10.1. The van der Waals surface area contributed by atoms with Crippen molar-refractivity contribution in [3.05, 3.63) is 58.7 Å². The van der Waals surface area contributed by atoms with Crippen molar-refractivity contribution in [2.75, 3.05) is 0 Å². The number of nitrogens with zero attached hydrogens (tertiary/aromatic N) is 3. The van der Waals surface area contributed by atoms with Crippen LogP contribution in [0.3, 0.4) is 0 Å². The molecule has 150 valence electrons. The van der Waals surface area contributed by atoms with Gasteiger partial charge in [0.15, 0.2) is 5.76 Å². The summed E-state index contributed by atoms with van der Waals surface area (Å²) in [5, 5.41) is 13.3. The molecule has 0 spiro atoms. The molecule has 3 aromatic rings. The highest BCUT2D eigenvalue weighted by atomic mass is 16.5. The van der Waals surface area contributed by atoms with E-state index >= 15 is 0 Å². The van der Waals surface area contributed by atoms with Crippen molar-refractivity contribution < 1.29 is 18.5 Å². The summed E-state index contributed by atoms with van der Waals surface area (Å²) in [7, 11) is 0. The summed E-state index contributed by atoms with van der Waals surface area (Å²) in [4.78, 5) is 12.4. The number of carbonyl (C=O) groups excluding carboxylic acids is 1. The van der Waals surface area contributed by atoms with E-state index in [4.69, 9.17) is 13.7 Å². The number of aromatic nitrogens is 2. The molecule has 0 N–H and O–H groups in total. The Balaban J connectivity index is 1.70. The van der Waals surface area contributed by atoms with Gasteiger partial charge in [-0.25, -0.2) is 4.79 Å². The maximum Gasteiger partial charge on any atom is 0.349 e. The molecule has 3 rings (SSSR count). The van der Waals surface area contributed by atoms with E-state index < -0.39 is 5.97 Å². The fraction of sp³-hybridized carbons (Fsp3) is 0.318. The normalized spacial score (nSPS) is 11.7. The molecule has 0 aromatic carbocycles. The van der Waals surface area contributed by atoms with E-state index in [2.05, 4.69) is 23.6 Å². The molecule has 0 aliphatic heterocycles. The molecule has 0 unspecified atom stereocenters. The van der Waals surface area contributed by atoms with Gasteiger partial charge in [-0.15, -0.1) is 0 Å². The predicted molar refractivity (Wildman–Crippen MR) is 106 cm³/mol. The van der Waals surface area contributed by atoms with Gasteiger partial charge in [-0.1, -0.05) is 19.0 Å². The van der Waals surface area contributed by atoms with E-state index in [0.717, 1.165) is 23.5 Å². The number of hydrogen-bond acceptors (Lipinski definition) is 6. The van der Waals surface area contributed by atoms with Crippen LogP contribution in [0.4, 0.5) is 0 Å². The van der Waals surface area contributed by atoms with Crippen LogP contribution < -0.4 is 0 Å². The van der Waals surface area contributed by atoms with E-state index in [0.29, 0.717) is 23.1 Å². The topological polar surface area (TPSA) is 94.2 Å². The van der Waals surface area contributed by atoms with Crippen LogP contribution in [0.25, 0.3) is 17.6 Å². The number of furan rings is 1. The van der Waals surface area contributed by atoms with Gasteiger partial charge in [-0.3, -0.25) is 0 Å². The van der Waals surface area contributed by atoms with Crippen molar-refractivity contribution in [2.45, 2.75) is 40.8 Å². The molecule has 3 heterocycles. The first-order chi connectivity index (χ1) is 13.9. The van der Waals surface area contributed by atoms with Crippen LogP contribution in [0.5, 0.6) is 0 Å². The Labute approximate surface area is 169 Å². The molecule has 0 amide bonds. The van der Waals surface area contributed by atoms with Crippen LogP contribution in [0.1, 0.15) is 36.5 Å². The van der Waals surface area contributed by atoms with E-state index in [-0.39, 0.29) is 12.2 Å². The highest BCUT2D eigenvalue weighted by Crippen LogP contribution is 2.22. The Morgan fingerprint density at radius 3 is 2.79 bits per heavy atom. The quantitative estimate of drug-likeness (QED) is 0.329. The summed E-state index contributed by atoms with van der Waals surface area (Å²) in [6.45, 7) is 9.06. The van der Waals surface area contributed by atoms with E-state index in [1.54, 1.807) is 24.3 Å². The lowest BCUT2D eigenvalue weighted by Crippen LogP contribution is -2.08. The molecule has 7 nitrogen and oxygen atoms in total. The lowest BCUT2D eigenvalue weighted by molar-refractivity contribution is -0.139. The molecule has 29 heavy (non-hydrogen) atoms. The monoisotopic (exact) mass is 393 g/mol. The average molecular weight is 393 g/mol. The number of esters is 1. The SMILES string of the molecule is Cc1cc(/C=C(\C#N)C(=O)OCc2cc(-c3ccco3)on2)c(C)n1CC(C)C. The minimum absolute atomic E-state index is 0.0652. The second-order valence-electron chi connectivity index (χ2n) is 7.24. The second kappa shape index (κ2) is 8.65. The first-order valence-corrected chi connectivity index (χ1v) is 9.34. The van der Waals surface area contributed by atoms with E-state index in [9.17, 15) is 10.1 Å². The van der Waals surface area contributed by atoms with Gasteiger partial charge in [0.05, 0.1) is 6.26 Å². The van der Waals surface area contributed by atoms with Crippen LogP contribution in [0.15, 0.2) is 45.0 Å². The van der Waals surface area contributed by atoms with Crippen LogP contribution in [0, 0.1) is 31.1 Å². The summed E-state index contributed by atoms with van der Waals surface area (Å²) in [5.74, 6) is 0.758. The van der Waals surface area contributed by atoms with Gasteiger partial charge in [0, 0.05) is 24.0 Å². The van der Waals surface area contributed by atoms with Gasteiger partial charge in [0.2, 0.25) is 5.76 Å². The first kappa shape index (κ1) is 20.2. The maximum atomic E-state index is 12.4. The van der Waals surface area contributed by atoms with Crippen molar-refractivity contribution in [3.63, 3.8) is 0 Å². The smallest absolute Gasteiger partial charge is 0.349 e. The third-order valence-corrected chi connectivity index (χ3v) is 4.47. The van der Waals surface area contributed by atoms with E-state index in [1.807, 2.05) is 26.0 Å². The predicted octanol–water partition coefficient (Wildman–Crippen LogP) is 4.66. The van der Waals surface area contributed by atoms with Crippen molar-refractivity contribution in [3.8, 4) is 17.6 Å². The van der Waals surface area contributed by atoms with Crippen LogP contribution in [-0.4, -0.2) is 15.7 Å². The Bertz CT molecular complexity index is 1060. The van der Waals surface area contributed by atoms with Crippen LogP contribution in [0.2, 0.25) is 0 Å². The molecule has 0 atom stereocenters. The summed E-state index contributed by atoms with van der Waals surface area (Å²) in [6, 6.07) is 9.00. The fourth-order valence-corrected chi connectivity index (χ4v) is 3.04. The zero-order chi connectivity index (χ0) is 21.0. The molecule has 0 saturated carbocycles. The molecule has 0 aliphatic rings. The molecular formula is C22H23N3O4. The largest absolute Gasteiger partial charge is 0.461 e. The van der Waals surface area contributed by atoms with Crippen molar-refractivity contribution in [2.24, 2.45) is 5.92 Å². The van der Waals surface area contributed by atoms with Gasteiger partial charge in [0.1, 0.15) is 23.9 Å². The molecule has 0 saturated heterocycles. The highest BCUT2D eigenvalue weighted by Gasteiger charge is 2.16. The number of rotatable bonds is 7. The van der Waals surface area contributed by atoms with Crippen molar-refractivity contribution >= 4 is 12.0 Å². The molecule has 0 bridgehead atoms. The molecule has 0 fully saturated rings. The minimum atomic E-state index is -0.705. The fourth-order valence-electron chi connectivity index (χ4n) is 3.04. The number of hydrogen-bond donors (Lipinski definition) is 0. The summed E-state index contributed by atoms with van der Waals surface area (Å²) in [5.41, 5.74) is 3.29. The van der Waals surface area contributed by atoms with Crippen LogP contribution >= 0.6 is 0 Å². The Hall–Kier alpha value is -3.53. The van der Waals surface area contributed by atoms with Gasteiger partial charge in [0.25, 0.3) is 0 Å². The number of aryl methyl sites for hydroxylation is 1. The maximum absolute atomic E-state index is 12.4. The highest BCUT2D eigenvalue weighted by molar-refractivity contribution is 5.98. The van der Waals surface area contributed by atoms with Crippen LogP contribution in [-0.2, 0) is 22.7 Å². The summed E-state index contributed by atoms with van der Waals surface area (Å²) < 4.78 is 17.8. The minimum Gasteiger partial charge on any atom is -0.461 e. The number of carbonyl (C=O) groups is 1. The lowest BCUT2D eigenvalue weighted by Gasteiger charge is -2.12. The Morgan fingerprint density at radius 2 is 2.14 bits per heavy atom. The van der Waals surface area contributed by atoms with Gasteiger partial charge >= 0.3 is 5.97 Å². The third kappa shape index (κ3) is 4.66. The first-order valence-electron chi connectivity index (χ1n) is 9.34.